The first kappa shape index (κ1) is 19.2. The van der Waals surface area contributed by atoms with Gasteiger partial charge >= 0.3 is 0 Å². The monoisotopic (exact) mass is 390 g/mol. The van der Waals surface area contributed by atoms with E-state index in [1.54, 1.807) is 48.3 Å². The Hall–Kier alpha value is -2.52. The molecular formula is C18H22N4O4S. The maximum absolute atomic E-state index is 12.6. The second-order valence-corrected chi connectivity index (χ2v) is 8.58. The Kier molecular flexibility index (Phi) is 5.43. The van der Waals surface area contributed by atoms with Crippen LogP contribution in [0.15, 0.2) is 36.7 Å². The summed E-state index contributed by atoms with van der Waals surface area (Å²) in [5.41, 5.74) is 0.966. The first-order chi connectivity index (χ1) is 12.8. The molecule has 0 bridgehead atoms. The molecule has 1 aromatic carbocycles. The molecule has 3 rings (SSSR count). The highest BCUT2D eigenvalue weighted by Crippen LogP contribution is 2.22. The minimum absolute atomic E-state index is 0.212. The number of hydrogen-bond acceptors (Lipinski definition) is 5. The van der Waals surface area contributed by atoms with Crippen LogP contribution >= 0.6 is 0 Å². The lowest BCUT2D eigenvalue weighted by Crippen LogP contribution is -2.49. The molecule has 8 nitrogen and oxygen atoms in total. The molecule has 9 heteroatoms. The molecule has 1 aliphatic heterocycles. The Morgan fingerprint density at radius 2 is 1.89 bits per heavy atom. The molecule has 1 N–H and O–H groups in total. The summed E-state index contributed by atoms with van der Waals surface area (Å²) in [6.45, 7) is 0.355. The lowest BCUT2D eigenvalue weighted by Gasteiger charge is -2.32. The number of piperidine rings is 1. The van der Waals surface area contributed by atoms with E-state index in [2.05, 4.69) is 10.3 Å². The number of hydrogen-bond donors (Lipinski definition) is 1. The lowest BCUT2D eigenvalue weighted by atomic mass is 10.0. The summed E-state index contributed by atoms with van der Waals surface area (Å²) in [4.78, 5) is 29.0. The number of nitrogens with zero attached hydrogens (tertiary/aromatic N) is 3. The number of amides is 1. The minimum Gasteiger partial charge on any atom is -0.331 e. The van der Waals surface area contributed by atoms with Crippen molar-refractivity contribution < 1.29 is 18.0 Å². The van der Waals surface area contributed by atoms with Crippen molar-refractivity contribution in [1.29, 1.82) is 0 Å². The molecule has 0 radical (unpaired) electrons. The summed E-state index contributed by atoms with van der Waals surface area (Å²) in [5.74, 6) is -0.239. The highest BCUT2D eigenvalue weighted by atomic mass is 32.2. The Morgan fingerprint density at radius 1 is 1.19 bits per heavy atom. The normalized spacial score (nSPS) is 18.2. The van der Waals surface area contributed by atoms with Gasteiger partial charge in [0, 0.05) is 37.2 Å². The molecule has 27 heavy (non-hydrogen) atoms. The first-order valence-corrected chi connectivity index (χ1v) is 10.5. The van der Waals surface area contributed by atoms with E-state index in [-0.39, 0.29) is 11.7 Å². The van der Waals surface area contributed by atoms with Crippen LogP contribution in [-0.4, -0.2) is 52.8 Å². The predicted molar refractivity (Wildman–Crippen MR) is 101 cm³/mol. The quantitative estimate of drug-likeness (QED) is 0.778. The second kappa shape index (κ2) is 7.61. The third kappa shape index (κ3) is 4.25. The minimum atomic E-state index is -3.44. The number of nitrogens with one attached hydrogen (secondary N) is 1. The molecule has 0 spiro atoms. The van der Waals surface area contributed by atoms with Crippen molar-refractivity contribution in [3.05, 3.63) is 48.0 Å². The van der Waals surface area contributed by atoms with Crippen LogP contribution < -0.4 is 5.32 Å². The van der Waals surface area contributed by atoms with Crippen LogP contribution in [0.1, 0.15) is 35.4 Å². The van der Waals surface area contributed by atoms with Gasteiger partial charge in [-0.3, -0.25) is 9.59 Å². The first-order valence-electron chi connectivity index (χ1n) is 8.67. The third-order valence-corrected chi connectivity index (χ3v) is 5.91. The molecule has 2 heterocycles. The van der Waals surface area contributed by atoms with E-state index in [1.165, 1.54) is 4.31 Å². The molecule has 1 atom stereocenters. The Bertz CT molecular complexity index is 950. The van der Waals surface area contributed by atoms with Crippen LogP contribution in [0, 0.1) is 0 Å². The van der Waals surface area contributed by atoms with E-state index in [1.807, 2.05) is 0 Å². The van der Waals surface area contributed by atoms with Crippen molar-refractivity contribution in [2.24, 2.45) is 7.05 Å². The van der Waals surface area contributed by atoms with E-state index in [0.717, 1.165) is 19.1 Å². The molecule has 1 unspecified atom stereocenters. The van der Waals surface area contributed by atoms with E-state index in [9.17, 15) is 18.0 Å². The average Bonchev–Trinajstić information content (AvgIpc) is 3.07. The van der Waals surface area contributed by atoms with Crippen molar-refractivity contribution in [3.63, 3.8) is 0 Å². The summed E-state index contributed by atoms with van der Waals surface area (Å²) in [7, 11) is -1.70. The maximum atomic E-state index is 12.6. The van der Waals surface area contributed by atoms with Gasteiger partial charge in [0.25, 0.3) is 0 Å². The molecule has 1 aromatic heterocycles. The summed E-state index contributed by atoms with van der Waals surface area (Å²) in [5, 5.41) is 2.75. The van der Waals surface area contributed by atoms with Crippen LogP contribution in [-0.2, 0) is 21.9 Å². The van der Waals surface area contributed by atoms with Gasteiger partial charge in [-0.25, -0.2) is 13.4 Å². The number of benzene rings is 1. The molecule has 2 aromatic rings. The zero-order valence-electron chi connectivity index (χ0n) is 15.3. The van der Waals surface area contributed by atoms with Gasteiger partial charge in [-0.1, -0.05) is 6.42 Å². The van der Waals surface area contributed by atoms with Crippen LogP contribution in [0.25, 0.3) is 0 Å². The molecule has 1 aliphatic rings. The highest BCUT2D eigenvalue weighted by Gasteiger charge is 2.34. The number of aromatic nitrogens is 2. The number of aryl methyl sites for hydroxylation is 1. The fourth-order valence-electron chi connectivity index (χ4n) is 3.21. The van der Waals surface area contributed by atoms with Gasteiger partial charge in [0.05, 0.1) is 6.26 Å². The number of ketones is 1. The van der Waals surface area contributed by atoms with Crippen molar-refractivity contribution >= 4 is 27.4 Å². The zero-order valence-corrected chi connectivity index (χ0v) is 16.1. The summed E-state index contributed by atoms with van der Waals surface area (Å²) in [6.07, 6.45) is 6.42. The topological polar surface area (TPSA) is 101 Å². The zero-order chi connectivity index (χ0) is 19.6. The molecule has 144 valence electrons. The highest BCUT2D eigenvalue weighted by molar-refractivity contribution is 7.88. The number of rotatable bonds is 5. The van der Waals surface area contributed by atoms with Gasteiger partial charge in [0.15, 0.2) is 5.82 Å². The van der Waals surface area contributed by atoms with Gasteiger partial charge in [-0.05, 0) is 37.1 Å². The number of anilines is 1. The molecule has 1 fully saturated rings. The Balaban J connectivity index is 1.71. The van der Waals surface area contributed by atoms with Gasteiger partial charge in [-0.15, -0.1) is 0 Å². The molecule has 0 aliphatic carbocycles. The average molecular weight is 390 g/mol. The van der Waals surface area contributed by atoms with Crippen LogP contribution in [0.5, 0.6) is 0 Å². The third-order valence-electron chi connectivity index (χ3n) is 4.62. The van der Waals surface area contributed by atoms with E-state index < -0.39 is 16.1 Å². The summed E-state index contributed by atoms with van der Waals surface area (Å²) < 4.78 is 26.7. The number of imidazole rings is 1. The van der Waals surface area contributed by atoms with Crippen molar-refractivity contribution in [3.8, 4) is 0 Å². The molecular weight excluding hydrogens is 368 g/mol. The molecule has 1 amide bonds. The van der Waals surface area contributed by atoms with Crippen LogP contribution in [0.3, 0.4) is 0 Å². The number of carbonyl (C=O) groups is 2. The number of carbonyl (C=O) groups excluding carboxylic acids is 2. The van der Waals surface area contributed by atoms with Crippen molar-refractivity contribution in [2.45, 2.75) is 25.3 Å². The lowest BCUT2D eigenvalue weighted by molar-refractivity contribution is -0.120. The smallest absolute Gasteiger partial charge is 0.242 e. The standard InChI is InChI=1S/C18H22N4O4S/c1-21-12-10-19-17(21)16(23)13-6-8-14(9-7-13)20-18(24)15-5-3-4-11-22(15)27(2,25)26/h6-10,12,15H,3-5,11H2,1-2H3,(H,20,24). The summed E-state index contributed by atoms with van der Waals surface area (Å²) in [6, 6.07) is 5.77. The largest absolute Gasteiger partial charge is 0.331 e. The van der Waals surface area contributed by atoms with Crippen molar-refractivity contribution in [2.75, 3.05) is 18.1 Å². The predicted octanol–water partition coefficient (Wildman–Crippen LogP) is 1.40. The Labute approximate surface area is 158 Å². The Morgan fingerprint density at radius 3 is 2.48 bits per heavy atom. The van der Waals surface area contributed by atoms with Gasteiger partial charge in [-0.2, -0.15) is 4.31 Å². The van der Waals surface area contributed by atoms with Gasteiger partial charge < -0.3 is 9.88 Å². The maximum Gasteiger partial charge on any atom is 0.242 e. The molecule has 1 saturated heterocycles. The van der Waals surface area contributed by atoms with Crippen LogP contribution in [0.4, 0.5) is 5.69 Å². The fourth-order valence-corrected chi connectivity index (χ4v) is 4.33. The SMILES string of the molecule is Cn1ccnc1C(=O)c1ccc(NC(=O)C2CCCCN2S(C)(=O)=O)cc1. The second-order valence-electron chi connectivity index (χ2n) is 6.64. The van der Waals surface area contributed by atoms with Gasteiger partial charge in [0.2, 0.25) is 21.7 Å². The van der Waals surface area contributed by atoms with Crippen molar-refractivity contribution in [1.82, 2.24) is 13.9 Å². The summed E-state index contributed by atoms with van der Waals surface area (Å²) >= 11 is 0. The van der Waals surface area contributed by atoms with E-state index in [4.69, 9.17) is 0 Å². The van der Waals surface area contributed by atoms with E-state index in [0.29, 0.717) is 30.0 Å². The fraction of sp³-hybridized carbons (Fsp3) is 0.389. The van der Waals surface area contributed by atoms with E-state index >= 15 is 0 Å². The molecule has 0 saturated carbocycles. The number of sulfonamides is 1. The van der Waals surface area contributed by atoms with Crippen LogP contribution in [0.2, 0.25) is 0 Å². The van der Waals surface area contributed by atoms with Gasteiger partial charge in [0.1, 0.15) is 6.04 Å².